The molecule has 2 amide bonds. The van der Waals surface area contributed by atoms with Gasteiger partial charge in [0, 0.05) is 4.90 Å². The lowest BCUT2D eigenvalue weighted by atomic mass is 10.4. The highest BCUT2D eigenvalue weighted by Gasteiger charge is 2.16. The van der Waals surface area contributed by atoms with Gasteiger partial charge in [-0.15, -0.1) is 11.8 Å². The van der Waals surface area contributed by atoms with E-state index < -0.39 is 5.91 Å². The highest BCUT2D eigenvalue weighted by atomic mass is 32.2. The molecule has 0 radical (unpaired) electrons. The minimum Gasteiger partial charge on any atom is -0.365 e. The number of amides is 2. The molecule has 0 saturated heterocycles. The molecule has 1 unspecified atom stereocenters. The molecule has 7 heteroatoms. The third-order valence-corrected chi connectivity index (χ3v) is 4.44. The average molecular weight is 307 g/mol. The third kappa shape index (κ3) is 3.82. The van der Waals surface area contributed by atoms with Crippen molar-refractivity contribution in [2.75, 3.05) is 5.32 Å². The Labute approximate surface area is 124 Å². The summed E-state index contributed by atoms with van der Waals surface area (Å²) in [4.78, 5) is 28.3. The number of rotatable bonds is 5. The van der Waals surface area contributed by atoms with Gasteiger partial charge in [0.1, 0.15) is 4.88 Å². The summed E-state index contributed by atoms with van der Waals surface area (Å²) >= 11 is 2.52. The summed E-state index contributed by atoms with van der Waals surface area (Å²) in [5.41, 5.74) is 5.13. The standard InChI is InChI=1S/C13H13N3O2S2/c1-8(19-9-5-3-2-4-6-9)12(18)16-13-15-7-10(20-13)11(14)17/h2-8H,1H3,(H2,14,17)(H,15,16,18). The van der Waals surface area contributed by atoms with Gasteiger partial charge in [0.25, 0.3) is 5.91 Å². The zero-order valence-corrected chi connectivity index (χ0v) is 12.3. The maximum Gasteiger partial charge on any atom is 0.260 e. The second-order valence-corrected chi connectivity index (χ2v) is 6.40. The van der Waals surface area contributed by atoms with Crippen LogP contribution < -0.4 is 11.1 Å². The Morgan fingerprint density at radius 2 is 2.05 bits per heavy atom. The number of carbonyl (C=O) groups is 2. The molecule has 0 saturated carbocycles. The molecule has 0 aliphatic heterocycles. The molecule has 0 fully saturated rings. The number of anilines is 1. The molecule has 2 rings (SSSR count). The summed E-state index contributed by atoms with van der Waals surface area (Å²) < 4.78 is 0. The third-order valence-electron chi connectivity index (χ3n) is 2.40. The van der Waals surface area contributed by atoms with Crippen LogP contribution in [0.1, 0.15) is 16.6 Å². The molecule has 104 valence electrons. The van der Waals surface area contributed by atoms with E-state index in [4.69, 9.17) is 5.73 Å². The van der Waals surface area contributed by atoms with E-state index in [1.165, 1.54) is 18.0 Å². The molecule has 1 heterocycles. The topological polar surface area (TPSA) is 85.1 Å². The zero-order valence-electron chi connectivity index (χ0n) is 10.7. The number of thiazole rings is 1. The fraction of sp³-hybridized carbons (Fsp3) is 0.154. The first-order valence-electron chi connectivity index (χ1n) is 5.84. The smallest absolute Gasteiger partial charge is 0.260 e. The van der Waals surface area contributed by atoms with Crippen LogP contribution in [0.3, 0.4) is 0 Å². The summed E-state index contributed by atoms with van der Waals surface area (Å²) in [6.45, 7) is 1.82. The molecule has 0 aliphatic rings. The van der Waals surface area contributed by atoms with Crippen molar-refractivity contribution in [3.63, 3.8) is 0 Å². The summed E-state index contributed by atoms with van der Waals surface area (Å²) in [7, 11) is 0. The number of hydrogen-bond donors (Lipinski definition) is 2. The van der Waals surface area contributed by atoms with E-state index in [0.29, 0.717) is 10.0 Å². The Kier molecular flexibility index (Phi) is 4.75. The molecule has 0 bridgehead atoms. The van der Waals surface area contributed by atoms with Gasteiger partial charge in [-0.1, -0.05) is 29.5 Å². The number of carbonyl (C=O) groups excluding carboxylic acids is 2. The molecule has 3 N–H and O–H groups in total. The normalized spacial score (nSPS) is 11.8. The molecule has 1 atom stereocenters. The van der Waals surface area contributed by atoms with E-state index in [2.05, 4.69) is 10.3 Å². The Morgan fingerprint density at radius 3 is 2.65 bits per heavy atom. The number of nitrogens with one attached hydrogen (secondary N) is 1. The van der Waals surface area contributed by atoms with Crippen LogP contribution >= 0.6 is 23.1 Å². The van der Waals surface area contributed by atoms with Gasteiger partial charge in [0.15, 0.2) is 5.13 Å². The van der Waals surface area contributed by atoms with E-state index in [1.807, 2.05) is 37.3 Å². The number of nitrogens with zero attached hydrogens (tertiary/aromatic N) is 1. The monoisotopic (exact) mass is 307 g/mol. The highest BCUT2D eigenvalue weighted by Crippen LogP contribution is 2.24. The van der Waals surface area contributed by atoms with Gasteiger partial charge in [-0.25, -0.2) is 4.98 Å². The molecule has 1 aromatic carbocycles. The fourth-order valence-electron chi connectivity index (χ4n) is 1.41. The van der Waals surface area contributed by atoms with Crippen molar-refractivity contribution in [3.8, 4) is 0 Å². The fourth-order valence-corrected chi connectivity index (χ4v) is 2.97. The molecule has 0 spiro atoms. The van der Waals surface area contributed by atoms with Crippen LogP contribution in [0.15, 0.2) is 41.4 Å². The van der Waals surface area contributed by atoms with Gasteiger partial charge in [-0.3, -0.25) is 9.59 Å². The largest absolute Gasteiger partial charge is 0.365 e. The maximum atomic E-state index is 12.0. The van der Waals surface area contributed by atoms with Crippen molar-refractivity contribution in [2.24, 2.45) is 5.73 Å². The van der Waals surface area contributed by atoms with Crippen molar-refractivity contribution in [1.29, 1.82) is 0 Å². The molecule has 5 nitrogen and oxygen atoms in total. The number of nitrogens with two attached hydrogens (primary N) is 1. The Bertz CT molecular complexity index is 613. The molecule has 20 heavy (non-hydrogen) atoms. The molecule has 1 aromatic heterocycles. The predicted octanol–water partition coefficient (Wildman–Crippen LogP) is 2.36. The Balaban J connectivity index is 1.95. The first-order chi connectivity index (χ1) is 9.56. The second-order valence-electron chi connectivity index (χ2n) is 3.96. The maximum absolute atomic E-state index is 12.0. The van der Waals surface area contributed by atoms with Gasteiger partial charge >= 0.3 is 0 Å². The van der Waals surface area contributed by atoms with Crippen molar-refractivity contribution in [3.05, 3.63) is 41.4 Å². The first kappa shape index (κ1) is 14.5. The van der Waals surface area contributed by atoms with Gasteiger partial charge < -0.3 is 11.1 Å². The highest BCUT2D eigenvalue weighted by molar-refractivity contribution is 8.00. The lowest BCUT2D eigenvalue weighted by Gasteiger charge is -2.10. The van der Waals surface area contributed by atoms with Crippen molar-refractivity contribution >= 4 is 40.0 Å². The van der Waals surface area contributed by atoms with Gasteiger partial charge in [-0.05, 0) is 19.1 Å². The van der Waals surface area contributed by atoms with E-state index in [9.17, 15) is 9.59 Å². The van der Waals surface area contributed by atoms with Crippen LogP contribution in [0, 0.1) is 0 Å². The first-order valence-corrected chi connectivity index (χ1v) is 7.54. The van der Waals surface area contributed by atoms with Crippen LogP contribution in [-0.4, -0.2) is 22.0 Å². The van der Waals surface area contributed by atoms with Crippen molar-refractivity contribution in [2.45, 2.75) is 17.1 Å². The summed E-state index contributed by atoms with van der Waals surface area (Å²) in [6.07, 6.45) is 1.36. The number of primary amides is 1. The Morgan fingerprint density at radius 1 is 1.35 bits per heavy atom. The van der Waals surface area contributed by atoms with Crippen LogP contribution in [0.25, 0.3) is 0 Å². The summed E-state index contributed by atoms with van der Waals surface area (Å²) in [5.74, 6) is -0.709. The van der Waals surface area contributed by atoms with Crippen molar-refractivity contribution < 1.29 is 9.59 Å². The Hall–Kier alpha value is -1.86. The molecular weight excluding hydrogens is 294 g/mol. The summed E-state index contributed by atoms with van der Waals surface area (Å²) in [5, 5.41) is 2.79. The quantitative estimate of drug-likeness (QED) is 0.830. The average Bonchev–Trinajstić information content (AvgIpc) is 2.88. The lowest BCUT2D eigenvalue weighted by Crippen LogP contribution is -2.22. The van der Waals surface area contributed by atoms with Gasteiger partial charge in [0.05, 0.1) is 11.4 Å². The molecular formula is C13H13N3O2S2. The van der Waals surface area contributed by atoms with Crippen LogP contribution in [0.5, 0.6) is 0 Å². The van der Waals surface area contributed by atoms with Crippen molar-refractivity contribution in [1.82, 2.24) is 4.98 Å². The molecule has 0 aliphatic carbocycles. The predicted molar refractivity (Wildman–Crippen MR) is 81.0 cm³/mol. The van der Waals surface area contributed by atoms with Crippen LogP contribution in [0.2, 0.25) is 0 Å². The SMILES string of the molecule is CC(Sc1ccccc1)C(=O)Nc1ncc(C(N)=O)s1. The van der Waals surface area contributed by atoms with Crippen LogP contribution in [-0.2, 0) is 4.79 Å². The number of benzene rings is 1. The van der Waals surface area contributed by atoms with Crippen LogP contribution in [0.4, 0.5) is 5.13 Å². The number of thioether (sulfide) groups is 1. The van der Waals surface area contributed by atoms with Gasteiger partial charge in [0.2, 0.25) is 5.91 Å². The lowest BCUT2D eigenvalue weighted by molar-refractivity contribution is -0.115. The van der Waals surface area contributed by atoms with E-state index >= 15 is 0 Å². The van der Waals surface area contributed by atoms with E-state index in [0.717, 1.165) is 16.2 Å². The van der Waals surface area contributed by atoms with Gasteiger partial charge in [-0.2, -0.15) is 0 Å². The molecule has 2 aromatic rings. The number of aromatic nitrogens is 1. The second kappa shape index (κ2) is 6.53. The number of hydrogen-bond acceptors (Lipinski definition) is 5. The van der Waals surface area contributed by atoms with E-state index in [1.54, 1.807) is 0 Å². The minimum atomic E-state index is -0.547. The summed E-state index contributed by atoms with van der Waals surface area (Å²) in [6, 6.07) is 9.67. The minimum absolute atomic E-state index is 0.163. The van der Waals surface area contributed by atoms with E-state index in [-0.39, 0.29) is 11.2 Å². The zero-order chi connectivity index (χ0) is 14.5.